The molecule has 0 atom stereocenters. The lowest BCUT2D eigenvalue weighted by molar-refractivity contribution is 0.473. The minimum Gasteiger partial charge on any atom is -0.507 e. The fourth-order valence-electron chi connectivity index (χ4n) is 0.599. The molecule has 1 N–H and O–H groups in total. The number of phenolic OH excluding ortho intramolecular Hbond substituents is 1. The quantitative estimate of drug-likeness (QED) is 0.709. The molecule has 0 saturated carbocycles. The van der Waals surface area contributed by atoms with Crippen LogP contribution in [0.1, 0.15) is 5.56 Å². The molecule has 2 nitrogen and oxygen atoms in total. The molecule has 0 heterocycles. The van der Waals surface area contributed by atoms with Crippen LogP contribution in [0.3, 0.4) is 0 Å². The van der Waals surface area contributed by atoms with Crippen LogP contribution < -0.4 is 0 Å². The molecule has 0 spiro atoms. The van der Waals surface area contributed by atoms with Crippen molar-refractivity contribution in [1.82, 2.24) is 0 Å². The second kappa shape index (κ2) is 2.88. The summed E-state index contributed by atoms with van der Waals surface area (Å²) in [5, 5.41) is 17.5. The number of halogens is 1. The van der Waals surface area contributed by atoms with E-state index in [2.05, 4.69) is 22.6 Å². The van der Waals surface area contributed by atoms with Crippen molar-refractivity contribution >= 4 is 22.6 Å². The number of rotatable bonds is 0. The van der Waals surface area contributed by atoms with Crippen molar-refractivity contribution in [3.05, 3.63) is 27.3 Å². The molecule has 0 unspecified atom stereocenters. The molecule has 0 saturated heterocycles. The summed E-state index contributed by atoms with van der Waals surface area (Å²) in [5.74, 6) is 0.0504. The van der Waals surface area contributed by atoms with Crippen LogP contribution in [0, 0.1) is 14.9 Å². The molecule has 1 aromatic carbocycles. The molecule has 0 fully saturated rings. The Morgan fingerprint density at radius 2 is 2.20 bits per heavy atom. The Kier molecular flexibility index (Phi) is 2.12. The van der Waals surface area contributed by atoms with E-state index in [1.54, 1.807) is 18.2 Å². The van der Waals surface area contributed by atoms with E-state index in [-0.39, 0.29) is 5.75 Å². The van der Waals surface area contributed by atoms with Crippen LogP contribution in [-0.4, -0.2) is 5.11 Å². The summed E-state index contributed by atoms with van der Waals surface area (Å²) >= 11 is 2.07. The van der Waals surface area contributed by atoms with Gasteiger partial charge in [0, 0.05) is 3.57 Å². The molecule has 1 rings (SSSR count). The number of nitriles is 1. The maximum absolute atomic E-state index is 9.06. The smallest absolute Gasteiger partial charge is 0.134 e. The first-order valence-corrected chi connectivity index (χ1v) is 3.70. The van der Waals surface area contributed by atoms with Gasteiger partial charge in [-0.05, 0) is 40.8 Å². The minimum atomic E-state index is 0.0504. The summed E-state index contributed by atoms with van der Waals surface area (Å²) in [7, 11) is 0. The van der Waals surface area contributed by atoms with Crippen LogP contribution in [0.15, 0.2) is 18.2 Å². The molecule has 0 aliphatic rings. The third-order valence-electron chi connectivity index (χ3n) is 1.08. The number of hydrogen-bond donors (Lipinski definition) is 1. The number of hydrogen-bond acceptors (Lipinski definition) is 2. The summed E-state index contributed by atoms with van der Waals surface area (Å²) in [5.41, 5.74) is 0.320. The number of aromatic hydroxyl groups is 1. The monoisotopic (exact) mass is 245 g/mol. The van der Waals surface area contributed by atoms with E-state index >= 15 is 0 Å². The van der Waals surface area contributed by atoms with Gasteiger partial charge in [0.1, 0.15) is 11.8 Å². The largest absolute Gasteiger partial charge is 0.507 e. The Morgan fingerprint density at radius 3 is 2.70 bits per heavy atom. The van der Waals surface area contributed by atoms with Gasteiger partial charge < -0.3 is 5.11 Å². The number of nitrogens with zero attached hydrogens (tertiary/aromatic N) is 1. The highest BCUT2D eigenvalue weighted by Crippen LogP contribution is 2.18. The minimum absolute atomic E-state index is 0.0504. The van der Waals surface area contributed by atoms with Crippen molar-refractivity contribution in [3.63, 3.8) is 0 Å². The van der Waals surface area contributed by atoms with Gasteiger partial charge in [-0.2, -0.15) is 5.26 Å². The summed E-state index contributed by atoms with van der Waals surface area (Å²) in [6.07, 6.45) is 0. The van der Waals surface area contributed by atoms with E-state index in [0.717, 1.165) is 3.57 Å². The average Bonchev–Trinajstić information content (AvgIpc) is 1.88. The highest BCUT2D eigenvalue weighted by atomic mass is 127. The molecular weight excluding hydrogens is 241 g/mol. The van der Waals surface area contributed by atoms with Gasteiger partial charge in [-0.3, -0.25) is 0 Å². The Labute approximate surface area is 72.2 Å². The molecule has 0 bridgehead atoms. The summed E-state index contributed by atoms with van der Waals surface area (Å²) in [6.45, 7) is 0. The van der Waals surface area contributed by atoms with Crippen molar-refractivity contribution in [2.75, 3.05) is 0 Å². The van der Waals surface area contributed by atoms with E-state index in [0.29, 0.717) is 5.56 Å². The Morgan fingerprint density at radius 1 is 1.50 bits per heavy atom. The molecule has 0 amide bonds. The molecule has 3 heteroatoms. The van der Waals surface area contributed by atoms with Crippen molar-refractivity contribution in [3.8, 4) is 11.8 Å². The first kappa shape index (κ1) is 7.35. The van der Waals surface area contributed by atoms with Crippen molar-refractivity contribution in [2.45, 2.75) is 0 Å². The third kappa shape index (κ3) is 1.39. The molecule has 10 heavy (non-hydrogen) atoms. The fraction of sp³-hybridized carbons (Fsp3) is 0. The lowest BCUT2D eigenvalue weighted by Crippen LogP contribution is -1.76. The Balaban J connectivity index is 3.23. The lowest BCUT2D eigenvalue weighted by atomic mass is 10.2. The molecule has 1 aromatic rings. The lowest BCUT2D eigenvalue weighted by Gasteiger charge is -1.93. The SMILES string of the molecule is N#Cc1ccc(I)cc1O. The van der Waals surface area contributed by atoms with Crippen LogP contribution in [0.2, 0.25) is 0 Å². The van der Waals surface area contributed by atoms with Crippen molar-refractivity contribution in [1.29, 1.82) is 5.26 Å². The zero-order chi connectivity index (χ0) is 7.56. The van der Waals surface area contributed by atoms with Gasteiger partial charge in [0.15, 0.2) is 0 Å². The van der Waals surface area contributed by atoms with E-state index < -0.39 is 0 Å². The maximum atomic E-state index is 9.06. The summed E-state index contributed by atoms with van der Waals surface area (Å²) < 4.78 is 0.925. The molecular formula is C7H4INO. The normalized spacial score (nSPS) is 8.80. The van der Waals surface area contributed by atoms with Crippen LogP contribution in [0.25, 0.3) is 0 Å². The predicted octanol–water partition coefficient (Wildman–Crippen LogP) is 1.87. The third-order valence-corrected chi connectivity index (χ3v) is 1.75. The summed E-state index contributed by atoms with van der Waals surface area (Å²) in [4.78, 5) is 0. The van der Waals surface area contributed by atoms with Gasteiger partial charge in [-0.1, -0.05) is 0 Å². The second-order valence-corrected chi connectivity index (χ2v) is 3.02. The zero-order valence-electron chi connectivity index (χ0n) is 5.00. The Hall–Kier alpha value is -0.760. The number of phenols is 1. The van der Waals surface area contributed by atoms with Crippen molar-refractivity contribution in [2.24, 2.45) is 0 Å². The molecule has 0 aliphatic carbocycles. The molecule has 50 valence electrons. The van der Waals surface area contributed by atoms with Gasteiger partial charge in [-0.15, -0.1) is 0 Å². The van der Waals surface area contributed by atoms with Gasteiger partial charge in [0.05, 0.1) is 5.56 Å². The van der Waals surface area contributed by atoms with E-state index in [9.17, 15) is 0 Å². The molecule has 0 radical (unpaired) electrons. The molecule has 0 aliphatic heterocycles. The second-order valence-electron chi connectivity index (χ2n) is 1.77. The van der Waals surface area contributed by atoms with E-state index in [4.69, 9.17) is 10.4 Å². The van der Waals surface area contributed by atoms with Crippen LogP contribution in [0.5, 0.6) is 5.75 Å². The standard InChI is InChI=1S/C7H4INO/c8-6-2-1-5(4-9)7(10)3-6/h1-3,10H. The zero-order valence-corrected chi connectivity index (χ0v) is 7.16. The molecule has 0 aromatic heterocycles. The van der Waals surface area contributed by atoms with E-state index in [1.807, 2.05) is 6.07 Å². The fourth-order valence-corrected chi connectivity index (χ4v) is 1.07. The van der Waals surface area contributed by atoms with Crippen LogP contribution >= 0.6 is 22.6 Å². The highest BCUT2D eigenvalue weighted by Gasteiger charge is 1.97. The topological polar surface area (TPSA) is 44.0 Å². The average molecular weight is 245 g/mol. The maximum Gasteiger partial charge on any atom is 0.134 e. The highest BCUT2D eigenvalue weighted by molar-refractivity contribution is 14.1. The van der Waals surface area contributed by atoms with Gasteiger partial charge >= 0.3 is 0 Å². The summed E-state index contributed by atoms with van der Waals surface area (Å²) in [6, 6.07) is 6.79. The van der Waals surface area contributed by atoms with Gasteiger partial charge in [0.25, 0.3) is 0 Å². The van der Waals surface area contributed by atoms with Crippen molar-refractivity contribution < 1.29 is 5.11 Å². The van der Waals surface area contributed by atoms with Crippen LogP contribution in [0.4, 0.5) is 0 Å². The first-order chi connectivity index (χ1) is 4.74. The van der Waals surface area contributed by atoms with Gasteiger partial charge in [-0.25, -0.2) is 0 Å². The van der Waals surface area contributed by atoms with Crippen LogP contribution in [-0.2, 0) is 0 Å². The van der Waals surface area contributed by atoms with Gasteiger partial charge in [0.2, 0.25) is 0 Å². The Bertz CT molecular complexity index is 290. The first-order valence-electron chi connectivity index (χ1n) is 2.62. The predicted molar refractivity (Wildman–Crippen MR) is 45.5 cm³/mol. The van der Waals surface area contributed by atoms with E-state index in [1.165, 1.54) is 0 Å². The number of benzene rings is 1.